The van der Waals surface area contributed by atoms with E-state index in [1.54, 1.807) is 0 Å². The molecular formula is C11H19N3S. The van der Waals surface area contributed by atoms with Crippen LogP contribution < -0.4 is 5.32 Å². The summed E-state index contributed by atoms with van der Waals surface area (Å²) in [7, 11) is 0. The summed E-state index contributed by atoms with van der Waals surface area (Å²) in [5, 5.41) is 11.9. The van der Waals surface area contributed by atoms with E-state index in [2.05, 4.69) is 17.2 Å². The van der Waals surface area contributed by atoms with Crippen LogP contribution in [-0.2, 0) is 0 Å². The second-order valence-electron chi connectivity index (χ2n) is 4.12. The molecule has 0 amide bonds. The van der Waals surface area contributed by atoms with Gasteiger partial charge in [0.05, 0.1) is 0 Å². The van der Waals surface area contributed by atoms with Gasteiger partial charge in [0, 0.05) is 6.54 Å². The number of amidine groups is 1. The number of nitriles is 1. The van der Waals surface area contributed by atoms with Crippen molar-refractivity contribution in [1.29, 1.82) is 5.26 Å². The number of nitrogens with zero attached hydrogens (tertiary/aromatic N) is 2. The highest BCUT2D eigenvalue weighted by molar-refractivity contribution is 8.13. The zero-order valence-electron chi connectivity index (χ0n) is 9.55. The number of rotatable bonds is 3. The molecule has 0 aliphatic heterocycles. The van der Waals surface area contributed by atoms with Gasteiger partial charge in [0.1, 0.15) is 0 Å². The lowest BCUT2D eigenvalue weighted by Gasteiger charge is -2.25. The van der Waals surface area contributed by atoms with Gasteiger partial charge in [0.15, 0.2) is 11.4 Å². The summed E-state index contributed by atoms with van der Waals surface area (Å²) in [6, 6.07) is 0. The normalized spacial score (nSPS) is 19.9. The fraction of sp³-hybridized carbons (Fsp3) is 0.818. The summed E-state index contributed by atoms with van der Waals surface area (Å²) in [6.45, 7) is 3.12. The summed E-state index contributed by atoms with van der Waals surface area (Å²) >= 11 is 1.50. The van der Waals surface area contributed by atoms with Crippen LogP contribution in [0.5, 0.6) is 0 Å². The van der Waals surface area contributed by atoms with Gasteiger partial charge in [-0.2, -0.15) is 5.26 Å². The van der Waals surface area contributed by atoms with Gasteiger partial charge in [-0.15, -0.1) is 0 Å². The maximum atomic E-state index is 8.53. The first-order valence-electron chi connectivity index (χ1n) is 5.50. The molecule has 1 saturated carbocycles. The van der Waals surface area contributed by atoms with E-state index in [4.69, 9.17) is 5.26 Å². The molecule has 3 nitrogen and oxygen atoms in total. The first kappa shape index (κ1) is 12.4. The molecule has 1 N–H and O–H groups in total. The highest BCUT2D eigenvalue weighted by atomic mass is 32.2. The molecule has 0 radical (unpaired) electrons. The highest BCUT2D eigenvalue weighted by Crippen LogP contribution is 2.41. The van der Waals surface area contributed by atoms with Gasteiger partial charge in [-0.1, -0.05) is 31.5 Å². The predicted octanol–water partition coefficient (Wildman–Crippen LogP) is 2.75. The van der Waals surface area contributed by atoms with Crippen molar-refractivity contribution in [2.75, 3.05) is 12.8 Å². The second-order valence-corrected chi connectivity index (χ2v) is 4.92. The van der Waals surface area contributed by atoms with Crippen molar-refractivity contribution in [3.05, 3.63) is 0 Å². The van der Waals surface area contributed by atoms with Gasteiger partial charge in [0.2, 0.25) is 0 Å². The summed E-state index contributed by atoms with van der Waals surface area (Å²) < 4.78 is 0. The van der Waals surface area contributed by atoms with Gasteiger partial charge < -0.3 is 0 Å². The van der Waals surface area contributed by atoms with Crippen molar-refractivity contribution in [3.8, 4) is 6.19 Å². The fourth-order valence-corrected chi connectivity index (χ4v) is 2.53. The van der Waals surface area contributed by atoms with Crippen LogP contribution >= 0.6 is 11.8 Å². The Bertz CT molecular complexity index is 261. The van der Waals surface area contributed by atoms with E-state index in [1.165, 1.54) is 43.9 Å². The third-order valence-electron chi connectivity index (χ3n) is 3.33. The molecule has 0 aromatic heterocycles. The Morgan fingerprint density at radius 3 is 2.67 bits per heavy atom. The summed E-state index contributed by atoms with van der Waals surface area (Å²) in [5.74, 6) is 0. The molecule has 0 saturated heterocycles. The minimum absolute atomic E-state index is 0.415. The highest BCUT2D eigenvalue weighted by Gasteiger charge is 2.31. The third kappa shape index (κ3) is 3.42. The van der Waals surface area contributed by atoms with Crippen molar-refractivity contribution >= 4 is 16.9 Å². The van der Waals surface area contributed by atoms with Gasteiger partial charge in [-0.3, -0.25) is 10.3 Å². The van der Waals surface area contributed by atoms with Crippen molar-refractivity contribution in [2.45, 2.75) is 39.0 Å². The van der Waals surface area contributed by atoms with E-state index in [0.29, 0.717) is 5.41 Å². The van der Waals surface area contributed by atoms with Crippen LogP contribution in [0.2, 0.25) is 0 Å². The molecule has 0 aromatic carbocycles. The average Bonchev–Trinajstić information content (AvgIpc) is 2.73. The van der Waals surface area contributed by atoms with Crippen LogP contribution in [-0.4, -0.2) is 18.0 Å². The monoisotopic (exact) mass is 225 g/mol. The Labute approximate surface area is 96.3 Å². The van der Waals surface area contributed by atoms with Gasteiger partial charge in [-0.05, 0) is 30.9 Å². The third-order valence-corrected chi connectivity index (χ3v) is 3.95. The summed E-state index contributed by atoms with van der Waals surface area (Å²) in [4.78, 5) is 4.50. The number of hydrogen-bond acceptors (Lipinski definition) is 3. The fourth-order valence-electron chi connectivity index (χ4n) is 2.19. The minimum Gasteiger partial charge on any atom is -0.272 e. The first-order chi connectivity index (χ1) is 7.26. The van der Waals surface area contributed by atoms with Crippen LogP contribution in [0.4, 0.5) is 0 Å². The van der Waals surface area contributed by atoms with E-state index >= 15 is 0 Å². The van der Waals surface area contributed by atoms with Crippen molar-refractivity contribution in [3.63, 3.8) is 0 Å². The summed E-state index contributed by atoms with van der Waals surface area (Å²) in [5.41, 5.74) is 0.415. The van der Waals surface area contributed by atoms with E-state index < -0.39 is 0 Å². The van der Waals surface area contributed by atoms with Crippen LogP contribution in [0.3, 0.4) is 0 Å². The minimum atomic E-state index is 0.415. The zero-order chi connectivity index (χ0) is 11.1. The predicted molar refractivity (Wildman–Crippen MR) is 65.8 cm³/mol. The molecule has 0 bridgehead atoms. The lowest BCUT2D eigenvalue weighted by Crippen LogP contribution is -2.22. The van der Waals surface area contributed by atoms with Crippen molar-refractivity contribution < 1.29 is 0 Å². The van der Waals surface area contributed by atoms with E-state index in [-0.39, 0.29) is 0 Å². The molecule has 1 aliphatic rings. The van der Waals surface area contributed by atoms with Crippen molar-refractivity contribution in [1.82, 2.24) is 5.32 Å². The van der Waals surface area contributed by atoms with E-state index in [1.807, 2.05) is 12.4 Å². The number of aliphatic imine (C=N–C) groups is 1. The molecular weight excluding hydrogens is 206 g/mol. The van der Waals surface area contributed by atoms with Gasteiger partial charge >= 0.3 is 0 Å². The number of nitrogens with one attached hydrogen (secondary N) is 1. The van der Waals surface area contributed by atoms with Crippen molar-refractivity contribution in [2.24, 2.45) is 10.4 Å². The van der Waals surface area contributed by atoms with Crippen LogP contribution in [0, 0.1) is 16.9 Å². The van der Waals surface area contributed by atoms with Crippen LogP contribution in [0.1, 0.15) is 39.0 Å². The van der Waals surface area contributed by atoms with E-state index in [9.17, 15) is 0 Å². The SMILES string of the molecule is CCC1(CN=C(NC#N)SC)CCCC1. The molecule has 1 fully saturated rings. The summed E-state index contributed by atoms with van der Waals surface area (Å²) in [6.07, 6.45) is 10.3. The van der Waals surface area contributed by atoms with Gasteiger partial charge in [0.25, 0.3) is 0 Å². The topological polar surface area (TPSA) is 48.2 Å². The molecule has 15 heavy (non-hydrogen) atoms. The first-order valence-corrected chi connectivity index (χ1v) is 6.72. The molecule has 0 aromatic rings. The number of thioether (sulfide) groups is 1. The lowest BCUT2D eigenvalue weighted by atomic mass is 9.84. The molecule has 1 aliphatic carbocycles. The number of hydrogen-bond donors (Lipinski definition) is 1. The second kappa shape index (κ2) is 6.02. The average molecular weight is 225 g/mol. The molecule has 1 rings (SSSR count). The Morgan fingerprint density at radius 1 is 1.53 bits per heavy atom. The zero-order valence-corrected chi connectivity index (χ0v) is 10.4. The standard InChI is InChI=1S/C11H19N3S/c1-3-11(6-4-5-7-11)8-13-10(15-2)14-9-12/h3-8H2,1-2H3,(H,13,14). The molecule has 0 heterocycles. The maximum Gasteiger partial charge on any atom is 0.183 e. The lowest BCUT2D eigenvalue weighted by molar-refractivity contribution is 0.298. The van der Waals surface area contributed by atoms with Crippen LogP contribution in [0.15, 0.2) is 4.99 Å². The quantitative estimate of drug-likeness (QED) is 0.348. The van der Waals surface area contributed by atoms with Crippen LogP contribution in [0.25, 0.3) is 0 Å². The largest absolute Gasteiger partial charge is 0.272 e. The van der Waals surface area contributed by atoms with E-state index in [0.717, 1.165) is 11.7 Å². The smallest absolute Gasteiger partial charge is 0.183 e. The Hall–Kier alpha value is -0.690. The van der Waals surface area contributed by atoms with Gasteiger partial charge in [-0.25, -0.2) is 0 Å². The molecule has 0 spiro atoms. The Kier molecular flexibility index (Phi) is 4.97. The molecule has 0 atom stereocenters. The maximum absolute atomic E-state index is 8.53. The Morgan fingerprint density at radius 2 is 2.20 bits per heavy atom. The molecule has 84 valence electrons. The molecule has 0 unspecified atom stereocenters. The molecule has 4 heteroatoms. The Balaban J connectivity index is 2.55.